The third kappa shape index (κ3) is 3.49. The van der Waals surface area contributed by atoms with E-state index in [2.05, 4.69) is 22.1 Å². The van der Waals surface area contributed by atoms with Crippen molar-refractivity contribution >= 4 is 5.91 Å². The van der Waals surface area contributed by atoms with Crippen LogP contribution in [0.25, 0.3) is 0 Å². The summed E-state index contributed by atoms with van der Waals surface area (Å²) in [6.07, 6.45) is 3.32. The fraction of sp³-hybridized carbons (Fsp3) is 0.474. The van der Waals surface area contributed by atoms with Gasteiger partial charge in [0.2, 0.25) is 0 Å². The van der Waals surface area contributed by atoms with E-state index in [1.807, 2.05) is 18.2 Å². The molecule has 3 fully saturated rings. The number of nitrogens with zero attached hydrogens (tertiary/aromatic N) is 4. The summed E-state index contributed by atoms with van der Waals surface area (Å²) in [6.45, 7) is 0.420. The highest BCUT2D eigenvalue weighted by Gasteiger charge is 2.37. The maximum absolute atomic E-state index is 12.8. The third-order valence-corrected chi connectivity index (χ3v) is 5.37. The number of rotatable bonds is 4. The molecule has 1 aromatic carbocycles. The van der Waals surface area contributed by atoms with Crippen LogP contribution in [0.2, 0.25) is 0 Å². The molecule has 26 heavy (non-hydrogen) atoms. The highest BCUT2D eigenvalue weighted by molar-refractivity contribution is 5.92. The third-order valence-electron chi connectivity index (χ3n) is 5.37. The van der Waals surface area contributed by atoms with Gasteiger partial charge in [-0.3, -0.25) is 9.69 Å². The van der Waals surface area contributed by atoms with Gasteiger partial charge in [0.25, 0.3) is 5.91 Å². The number of hydrogen-bond donors (Lipinski definition) is 0. The number of amides is 1. The Morgan fingerprint density at radius 3 is 2.65 bits per heavy atom. The fourth-order valence-corrected chi connectivity index (χ4v) is 4.08. The Kier molecular flexibility index (Phi) is 4.72. The van der Waals surface area contributed by atoms with Crippen LogP contribution in [0.4, 0.5) is 8.78 Å². The van der Waals surface area contributed by atoms with Crippen molar-refractivity contribution in [3.63, 3.8) is 0 Å². The van der Waals surface area contributed by atoms with Crippen molar-refractivity contribution in [1.82, 2.24) is 19.6 Å². The van der Waals surface area contributed by atoms with Gasteiger partial charge in [0.1, 0.15) is 0 Å². The van der Waals surface area contributed by atoms with Gasteiger partial charge in [0, 0.05) is 38.4 Å². The van der Waals surface area contributed by atoms with E-state index in [0.29, 0.717) is 29.7 Å². The topological polar surface area (TPSA) is 41.4 Å². The molecule has 1 aromatic heterocycles. The molecule has 0 saturated carbocycles. The van der Waals surface area contributed by atoms with E-state index >= 15 is 0 Å². The first-order valence-corrected chi connectivity index (χ1v) is 9.00. The zero-order chi connectivity index (χ0) is 18.1. The van der Waals surface area contributed by atoms with Crippen LogP contribution < -0.4 is 0 Å². The quantitative estimate of drug-likeness (QED) is 0.842. The predicted molar refractivity (Wildman–Crippen MR) is 92.7 cm³/mol. The maximum Gasteiger partial charge on any atom is 0.333 e. The van der Waals surface area contributed by atoms with Crippen LogP contribution in [-0.2, 0) is 6.54 Å². The van der Waals surface area contributed by atoms with Crippen molar-refractivity contribution < 1.29 is 13.6 Å². The first-order chi connectivity index (χ1) is 12.6. The van der Waals surface area contributed by atoms with Gasteiger partial charge in [-0.15, -0.1) is 0 Å². The summed E-state index contributed by atoms with van der Waals surface area (Å²) in [7, 11) is 0. The number of halogens is 2. The first-order valence-electron chi connectivity index (χ1n) is 9.00. The summed E-state index contributed by atoms with van der Waals surface area (Å²) in [5.41, 5.74) is 1.37. The average Bonchev–Trinajstić information content (AvgIpc) is 2.97. The largest absolute Gasteiger partial charge is 0.335 e. The Morgan fingerprint density at radius 2 is 1.92 bits per heavy atom. The molecule has 4 heterocycles. The zero-order valence-corrected chi connectivity index (χ0v) is 14.5. The van der Waals surface area contributed by atoms with Crippen molar-refractivity contribution in [2.24, 2.45) is 5.92 Å². The van der Waals surface area contributed by atoms with Gasteiger partial charge in [-0.1, -0.05) is 30.3 Å². The second-order valence-electron chi connectivity index (χ2n) is 7.18. The van der Waals surface area contributed by atoms with Crippen molar-refractivity contribution in [3.05, 3.63) is 53.9 Å². The van der Waals surface area contributed by atoms with E-state index in [4.69, 9.17) is 0 Å². The molecule has 3 saturated heterocycles. The number of alkyl halides is 2. The molecule has 0 radical (unpaired) electrons. The molecule has 1 amide bonds. The summed E-state index contributed by atoms with van der Waals surface area (Å²) in [5.74, 6) is 0.168. The highest BCUT2D eigenvalue weighted by Crippen LogP contribution is 2.30. The van der Waals surface area contributed by atoms with Crippen LogP contribution >= 0.6 is 0 Å². The smallest absolute Gasteiger partial charge is 0.333 e. The monoisotopic (exact) mass is 360 g/mol. The normalized spacial score (nSPS) is 23.4. The lowest BCUT2D eigenvalue weighted by atomic mass is 9.94. The summed E-state index contributed by atoms with van der Waals surface area (Å²) in [5, 5.41) is 3.73. The molecule has 3 aliphatic rings. The highest BCUT2D eigenvalue weighted by atomic mass is 19.3. The van der Waals surface area contributed by atoms with Gasteiger partial charge in [-0.25, -0.2) is 4.68 Å². The molecule has 5 nitrogen and oxygen atoms in total. The second-order valence-corrected chi connectivity index (χ2v) is 7.18. The molecule has 2 bridgehead atoms. The molecule has 2 atom stereocenters. The molecule has 0 N–H and O–H groups in total. The molecular formula is C19H22F2N4O. The molecule has 5 rings (SSSR count). The van der Waals surface area contributed by atoms with Gasteiger partial charge in [-0.2, -0.15) is 13.9 Å². The lowest BCUT2D eigenvalue weighted by molar-refractivity contribution is 0.0550. The summed E-state index contributed by atoms with van der Waals surface area (Å²) >= 11 is 0. The van der Waals surface area contributed by atoms with E-state index in [0.717, 1.165) is 32.1 Å². The van der Waals surface area contributed by atoms with Crippen molar-refractivity contribution in [3.8, 4) is 0 Å². The minimum Gasteiger partial charge on any atom is -0.335 e. The van der Waals surface area contributed by atoms with Crippen LogP contribution in [0.3, 0.4) is 0 Å². The number of hydrogen-bond acceptors (Lipinski definition) is 3. The fourth-order valence-electron chi connectivity index (χ4n) is 4.08. The summed E-state index contributed by atoms with van der Waals surface area (Å²) < 4.78 is 26.0. The van der Waals surface area contributed by atoms with E-state index < -0.39 is 6.55 Å². The van der Waals surface area contributed by atoms with Crippen LogP contribution in [0.15, 0.2) is 42.6 Å². The predicted octanol–water partition coefficient (Wildman–Crippen LogP) is 3.01. The van der Waals surface area contributed by atoms with Gasteiger partial charge < -0.3 is 4.90 Å². The number of aromatic nitrogens is 2. The first kappa shape index (κ1) is 17.1. The van der Waals surface area contributed by atoms with Crippen LogP contribution in [0.5, 0.6) is 0 Å². The maximum atomic E-state index is 12.8. The van der Waals surface area contributed by atoms with Gasteiger partial charge in [0.05, 0.1) is 0 Å². The zero-order valence-electron chi connectivity index (χ0n) is 14.5. The van der Waals surface area contributed by atoms with E-state index in [1.54, 1.807) is 4.90 Å². The van der Waals surface area contributed by atoms with Gasteiger partial charge in [-0.05, 0) is 30.4 Å². The Morgan fingerprint density at radius 1 is 1.12 bits per heavy atom. The summed E-state index contributed by atoms with van der Waals surface area (Å²) in [4.78, 5) is 17.0. The minimum atomic E-state index is -2.72. The number of piperidine rings is 1. The Labute approximate surface area is 151 Å². The van der Waals surface area contributed by atoms with Crippen molar-refractivity contribution in [2.75, 3.05) is 19.6 Å². The Bertz CT molecular complexity index is 764. The SMILES string of the molecule is O=C(c1ccn(C(F)F)n1)N1C[C@H]2CC[C@@H](C1)N(Cc1ccccc1)C2. The van der Waals surface area contributed by atoms with Crippen molar-refractivity contribution in [2.45, 2.75) is 32.0 Å². The standard InChI is InChI=1S/C19H22F2N4O/c20-19(21)25-9-8-17(22-25)18(26)24-12-15-6-7-16(13-24)23(11-15)10-14-4-2-1-3-5-14/h1-5,8-9,15-16,19H,6-7,10-13H2/t15-,16-/m0/s1. The number of fused-ring (bicyclic) bond motifs is 4. The Hall–Kier alpha value is -2.28. The summed E-state index contributed by atoms with van der Waals surface area (Å²) in [6, 6.07) is 12.0. The molecule has 0 aliphatic carbocycles. The number of carbonyl (C=O) groups excluding carboxylic acids is 1. The van der Waals surface area contributed by atoms with Crippen LogP contribution in [0, 0.1) is 5.92 Å². The van der Waals surface area contributed by atoms with Gasteiger partial charge in [0.15, 0.2) is 5.69 Å². The second kappa shape index (κ2) is 7.15. The van der Waals surface area contributed by atoms with E-state index in [1.165, 1.54) is 11.6 Å². The minimum absolute atomic E-state index is 0.0983. The molecule has 3 aliphatic heterocycles. The molecule has 0 spiro atoms. The van der Waals surface area contributed by atoms with Crippen LogP contribution in [0.1, 0.15) is 35.4 Å². The Balaban J connectivity index is 1.47. The lowest BCUT2D eigenvalue weighted by Gasteiger charge is -2.36. The lowest BCUT2D eigenvalue weighted by Crippen LogP contribution is -2.43. The average molecular weight is 360 g/mol. The van der Waals surface area contributed by atoms with E-state index in [9.17, 15) is 13.6 Å². The van der Waals surface area contributed by atoms with Crippen LogP contribution in [-0.4, -0.2) is 51.2 Å². The number of benzene rings is 1. The molecule has 138 valence electrons. The van der Waals surface area contributed by atoms with Crippen molar-refractivity contribution in [1.29, 1.82) is 0 Å². The molecule has 2 aromatic rings. The molecular weight excluding hydrogens is 338 g/mol. The number of carbonyl (C=O) groups is 1. The molecule has 7 heteroatoms. The van der Waals surface area contributed by atoms with E-state index in [-0.39, 0.29) is 11.6 Å². The molecule has 0 unspecified atom stereocenters. The van der Waals surface area contributed by atoms with Gasteiger partial charge >= 0.3 is 6.55 Å².